The van der Waals surface area contributed by atoms with Crippen LogP contribution in [-0.4, -0.2) is 30.4 Å². The van der Waals surface area contributed by atoms with Gasteiger partial charge in [0.1, 0.15) is 11.3 Å². The number of nitro benzene ring substituents is 1. The Hall–Kier alpha value is -2.93. The number of nitrogens with zero attached hydrogens (tertiary/aromatic N) is 1. The summed E-state index contributed by atoms with van der Waals surface area (Å²) in [6, 6.07) is 9.62. The summed E-state index contributed by atoms with van der Waals surface area (Å²) in [5.74, 6) is -1.20. The van der Waals surface area contributed by atoms with Crippen molar-refractivity contribution in [3.05, 3.63) is 68.7 Å². The molecule has 7 nitrogen and oxygen atoms in total. The second-order valence-electron chi connectivity index (χ2n) is 4.65. The molecule has 0 atom stereocenters. The van der Waals surface area contributed by atoms with Gasteiger partial charge in [-0.25, -0.2) is 4.79 Å². The van der Waals surface area contributed by atoms with Gasteiger partial charge in [-0.3, -0.25) is 14.9 Å². The number of nitro groups is 1. The standard InChI is InChI=1S/C16H12ClNO6/c1-23-15-7-6-12(18(21)22)8-13(15)16(20)24-9-14(19)10-2-4-11(17)5-3-10/h2-8H,9H2,1H3. The van der Waals surface area contributed by atoms with Gasteiger partial charge < -0.3 is 9.47 Å². The predicted molar refractivity (Wildman–Crippen MR) is 85.7 cm³/mol. The summed E-state index contributed by atoms with van der Waals surface area (Å²) < 4.78 is 9.91. The van der Waals surface area contributed by atoms with Crippen LogP contribution in [-0.2, 0) is 4.74 Å². The number of esters is 1. The minimum absolute atomic E-state index is 0.115. The Kier molecular flexibility index (Phi) is 5.49. The van der Waals surface area contributed by atoms with Crippen LogP contribution in [0.15, 0.2) is 42.5 Å². The second-order valence-corrected chi connectivity index (χ2v) is 5.08. The van der Waals surface area contributed by atoms with E-state index in [2.05, 4.69) is 0 Å². The molecule has 0 saturated carbocycles. The fourth-order valence-corrected chi connectivity index (χ4v) is 2.02. The number of rotatable bonds is 6. The first kappa shape index (κ1) is 17.4. The maximum Gasteiger partial charge on any atom is 0.342 e. The number of non-ortho nitro benzene ring substituents is 1. The van der Waals surface area contributed by atoms with E-state index in [1.54, 1.807) is 12.1 Å². The third-order valence-corrected chi connectivity index (χ3v) is 3.37. The van der Waals surface area contributed by atoms with Crippen LogP contribution in [0.25, 0.3) is 0 Å². The molecule has 24 heavy (non-hydrogen) atoms. The molecule has 0 unspecified atom stereocenters. The van der Waals surface area contributed by atoms with Gasteiger partial charge in [-0.2, -0.15) is 0 Å². The van der Waals surface area contributed by atoms with Crippen LogP contribution in [0.4, 0.5) is 5.69 Å². The predicted octanol–water partition coefficient (Wildman–Crippen LogP) is 3.30. The zero-order valence-corrected chi connectivity index (χ0v) is 13.3. The SMILES string of the molecule is COc1ccc([N+](=O)[O-])cc1C(=O)OCC(=O)c1ccc(Cl)cc1. The molecule has 0 aliphatic heterocycles. The zero-order valence-electron chi connectivity index (χ0n) is 12.5. The van der Waals surface area contributed by atoms with Crippen molar-refractivity contribution < 1.29 is 24.0 Å². The molecule has 124 valence electrons. The largest absolute Gasteiger partial charge is 0.496 e. The van der Waals surface area contributed by atoms with Crippen LogP contribution in [0.3, 0.4) is 0 Å². The Balaban J connectivity index is 2.11. The van der Waals surface area contributed by atoms with Crippen LogP contribution < -0.4 is 4.74 Å². The Morgan fingerprint density at radius 1 is 1.17 bits per heavy atom. The van der Waals surface area contributed by atoms with E-state index < -0.39 is 23.3 Å². The van der Waals surface area contributed by atoms with E-state index in [0.717, 1.165) is 6.07 Å². The summed E-state index contributed by atoms with van der Waals surface area (Å²) in [5, 5.41) is 11.3. The van der Waals surface area contributed by atoms with E-state index in [9.17, 15) is 19.7 Å². The highest BCUT2D eigenvalue weighted by atomic mass is 35.5. The monoisotopic (exact) mass is 349 g/mol. The number of ether oxygens (including phenoxy) is 2. The lowest BCUT2D eigenvalue weighted by molar-refractivity contribution is -0.384. The van der Waals surface area contributed by atoms with E-state index in [4.69, 9.17) is 21.1 Å². The van der Waals surface area contributed by atoms with Crippen LogP contribution in [0.5, 0.6) is 5.75 Å². The summed E-state index contributed by atoms with van der Waals surface area (Å²) in [5.41, 5.74) is -0.0828. The van der Waals surface area contributed by atoms with Gasteiger partial charge in [0.25, 0.3) is 5.69 Å². The topological polar surface area (TPSA) is 95.7 Å². The van der Waals surface area contributed by atoms with Gasteiger partial charge in [-0.15, -0.1) is 0 Å². The molecule has 0 fully saturated rings. The minimum Gasteiger partial charge on any atom is -0.496 e. The average Bonchev–Trinajstić information content (AvgIpc) is 2.59. The molecule has 8 heteroatoms. The van der Waals surface area contributed by atoms with Crippen molar-refractivity contribution in [2.75, 3.05) is 13.7 Å². The summed E-state index contributed by atoms with van der Waals surface area (Å²) in [6.45, 7) is -0.508. The first-order chi connectivity index (χ1) is 11.4. The quantitative estimate of drug-likeness (QED) is 0.343. The van der Waals surface area contributed by atoms with Gasteiger partial charge in [-0.1, -0.05) is 11.6 Å². The number of hydrogen-bond acceptors (Lipinski definition) is 6. The second kappa shape index (κ2) is 7.56. The normalized spacial score (nSPS) is 10.1. The van der Waals surface area contributed by atoms with Gasteiger partial charge in [0.15, 0.2) is 12.4 Å². The van der Waals surface area contributed by atoms with E-state index >= 15 is 0 Å². The molecule has 0 N–H and O–H groups in total. The van der Waals surface area contributed by atoms with Gasteiger partial charge in [0.05, 0.1) is 12.0 Å². The summed E-state index contributed by atoms with van der Waals surface area (Å²) >= 11 is 5.73. The van der Waals surface area contributed by atoms with Crippen molar-refractivity contribution in [2.45, 2.75) is 0 Å². The van der Waals surface area contributed by atoms with E-state index in [1.165, 1.54) is 31.4 Å². The highest BCUT2D eigenvalue weighted by Gasteiger charge is 2.20. The third-order valence-electron chi connectivity index (χ3n) is 3.11. The fraction of sp³-hybridized carbons (Fsp3) is 0.125. The van der Waals surface area contributed by atoms with Crippen molar-refractivity contribution in [1.29, 1.82) is 0 Å². The van der Waals surface area contributed by atoms with Crippen molar-refractivity contribution in [1.82, 2.24) is 0 Å². The number of hydrogen-bond donors (Lipinski definition) is 0. The van der Waals surface area contributed by atoms with Gasteiger partial charge in [-0.05, 0) is 30.3 Å². The molecular formula is C16H12ClNO6. The molecule has 2 aromatic carbocycles. The molecule has 0 amide bonds. The van der Waals surface area contributed by atoms with Crippen LogP contribution >= 0.6 is 11.6 Å². The molecule has 2 rings (SSSR count). The molecular weight excluding hydrogens is 338 g/mol. The first-order valence-corrected chi connectivity index (χ1v) is 7.08. The van der Waals surface area contributed by atoms with Gasteiger partial charge in [0, 0.05) is 22.7 Å². The first-order valence-electron chi connectivity index (χ1n) is 6.70. The maximum absolute atomic E-state index is 12.1. The molecule has 0 aliphatic rings. The number of ketones is 1. The molecule has 2 aromatic rings. The molecule has 0 bridgehead atoms. The Bertz CT molecular complexity index is 788. The average molecular weight is 350 g/mol. The molecule has 0 aliphatic carbocycles. The van der Waals surface area contributed by atoms with Crippen molar-refractivity contribution in [3.8, 4) is 5.75 Å². The lowest BCUT2D eigenvalue weighted by Crippen LogP contribution is -2.15. The third kappa shape index (κ3) is 4.08. The Morgan fingerprint density at radius 3 is 2.42 bits per heavy atom. The van der Waals surface area contributed by atoms with Crippen molar-refractivity contribution >= 4 is 29.0 Å². The zero-order chi connectivity index (χ0) is 17.7. The summed E-state index contributed by atoms with van der Waals surface area (Å²) in [4.78, 5) is 34.2. The van der Waals surface area contributed by atoms with Gasteiger partial charge >= 0.3 is 5.97 Å². The smallest absolute Gasteiger partial charge is 0.342 e. The molecule has 0 saturated heterocycles. The molecule has 0 heterocycles. The fourth-order valence-electron chi connectivity index (χ4n) is 1.90. The number of carbonyl (C=O) groups excluding carboxylic acids is 2. The number of Topliss-reactive ketones (excluding diaryl/α,β-unsaturated/α-hetero) is 1. The highest BCUT2D eigenvalue weighted by Crippen LogP contribution is 2.24. The van der Waals surface area contributed by atoms with E-state index in [-0.39, 0.29) is 17.0 Å². The van der Waals surface area contributed by atoms with Crippen molar-refractivity contribution in [2.24, 2.45) is 0 Å². The number of carbonyl (C=O) groups is 2. The van der Waals surface area contributed by atoms with E-state index in [0.29, 0.717) is 10.6 Å². The minimum atomic E-state index is -0.891. The number of methoxy groups -OCH3 is 1. The summed E-state index contributed by atoms with van der Waals surface area (Å²) in [7, 11) is 1.32. The molecule has 0 radical (unpaired) electrons. The highest BCUT2D eigenvalue weighted by molar-refractivity contribution is 6.30. The number of halogens is 1. The van der Waals surface area contributed by atoms with E-state index in [1.807, 2.05) is 0 Å². The van der Waals surface area contributed by atoms with Crippen LogP contribution in [0, 0.1) is 10.1 Å². The van der Waals surface area contributed by atoms with Gasteiger partial charge in [0.2, 0.25) is 0 Å². The maximum atomic E-state index is 12.1. The van der Waals surface area contributed by atoms with Crippen LogP contribution in [0.2, 0.25) is 5.02 Å². The lowest BCUT2D eigenvalue weighted by atomic mass is 10.1. The molecule has 0 spiro atoms. The van der Waals surface area contributed by atoms with Crippen LogP contribution in [0.1, 0.15) is 20.7 Å². The van der Waals surface area contributed by atoms with Crippen molar-refractivity contribution in [3.63, 3.8) is 0 Å². The molecule has 0 aromatic heterocycles. The number of benzene rings is 2. The Morgan fingerprint density at radius 2 is 1.83 bits per heavy atom. The summed E-state index contributed by atoms with van der Waals surface area (Å²) in [6.07, 6.45) is 0. The lowest BCUT2D eigenvalue weighted by Gasteiger charge is -2.08. The Labute approximate surface area is 141 Å².